The van der Waals surface area contributed by atoms with Crippen LogP contribution in [0, 0.1) is 0 Å². The number of nitrogens with zero attached hydrogens (tertiary/aromatic N) is 2. The summed E-state index contributed by atoms with van der Waals surface area (Å²) in [6.45, 7) is 0. The molecule has 0 spiro atoms. The van der Waals surface area contributed by atoms with Gasteiger partial charge in [0.15, 0.2) is 6.29 Å². The molecular formula is C13H18N2O. The molecule has 0 amide bonds. The Morgan fingerprint density at radius 1 is 1.19 bits per heavy atom. The highest BCUT2D eigenvalue weighted by atomic mass is 16.1. The molecule has 2 aliphatic carbocycles. The number of rotatable bonds is 3. The summed E-state index contributed by atoms with van der Waals surface area (Å²) in [7, 11) is 0. The van der Waals surface area contributed by atoms with Crippen molar-refractivity contribution >= 4 is 6.29 Å². The first kappa shape index (κ1) is 10.1. The van der Waals surface area contributed by atoms with Gasteiger partial charge < -0.3 is 0 Å². The Bertz CT molecular complexity index is 387. The van der Waals surface area contributed by atoms with E-state index < -0.39 is 0 Å². The second-order valence-electron chi connectivity index (χ2n) is 5.12. The molecule has 2 aliphatic rings. The van der Waals surface area contributed by atoms with Gasteiger partial charge in [-0.3, -0.25) is 9.48 Å². The minimum atomic E-state index is 0.554. The van der Waals surface area contributed by atoms with Gasteiger partial charge in [-0.05, 0) is 31.7 Å². The van der Waals surface area contributed by atoms with Crippen LogP contribution in [-0.4, -0.2) is 16.1 Å². The van der Waals surface area contributed by atoms with E-state index in [2.05, 4.69) is 9.78 Å². The fourth-order valence-corrected chi connectivity index (χ4v) is 2.79. The minimum Gasteiger partial charge on any atom is -0.296 e. The molecule has 0 radical (unpaired) electrons. The van der Waals surface area contributed by atoms with Gasteiger partial charge in [0.05, 0.1) is 6.04 Å². The zero-order valence-corrected chi connectivity index (χ0v) is 9.56. The van der Waals surface area contributed by atoms with Crippen molar-refractivity contribution in [1.82, 2.24) is 9.78 Å². The van der Waals surface area contributed by atoms with E-state index in [0.29, 0.717) is 17.7 Å². The Kier molecular flexibility index (Phi) is 2.54. The average Bonchev–Trinajstić information content (AvgIpc) is 3.10. The monoisotopic (exact) mass is 218 g/mol. The van der Waals surface area contributed by atoms with Crippen LogP contribution in [0.2, 0.25) is 0 Å². The van der Waals surface area contributed by atoms with Crippen molar-refractivity contribution in [2.24, 2.45) is 0 Å². The van der Waals surface area contributed by atoms with Crippen molar-refractivity contribution < 1.29 is 4.79 Å². The molecule has 1 aromatic heterocycles. The van der Waals surface area contributed by atoms with Crippen molar-refractivity contribution in [1.29, 1.82) is 0 Å². The van der Waals surface area contributed by atoms with Gasteiger partial charge in [-0.15, -0.1) is 0 Å². The van der Waals surface area contributed by atoms with Crippen molar-refractivity contribution in [3.63, 3.8) is 0 Å². The molecule has 0 saturated heterocycles. The molecule has 0 N–H and O–H groups in total. The van der Waals surface area contributed by atoms with Crippen molar-refractivity contribution in [3.05, 3.63) is 17.5 Å². The van der Waals surface area contributed by atoms with E-state index in [4.69, 9.17) is 0 Å². The third-order valence-corrected chi connectivity index (χ3v) is 3.82. The van der Waals surface area contributed by atoms with E-state index in [9.17, 15) is 4.79 Å². The fraction of sp³-hybridized carbons (Fsp3) is 0.692. The predicted molar refractivity (Wildman–Crippen MR) is 61.7 cm³/mol. The smallest absolute Gasteiger partial charge is 0.170 e. The van der Waals surface area contributed by atoms with Crippen LogP contribution in [0.3, 0.4) is 0 Å². The third kappa shape index (κ3) is 1.79. The lowest BCUT2D eigenvalue weighted by Gasteiger charge is -2.23. The molecule has 0 bridgehead atoms. The van der Waals surface area contributed by atoms with Gasteiger partial charge in [0, 0.05) is 11.6 Å². The van der Waals surface area contributed by atoms with Crippen LogP contribution in [-0.2, 0) is 0 Å². The molecule has 3 nitrogen and oxygen atoms in total. The van der Waals surface area contributed by atoms with Gasteiger partial charge in [-0.25, -0.2) is 0 Å². The van der Waals surface area contributed by atoms with Crippen LogP contribution in [0.15, 0.2) is 6.07 Å². The van der Waals surface area contributed by atoms with Crippen molar-refractivity contribution in [2.75, 3.05) is 0 Å². The summed E-state index contributed by atoms with van der Waals surface area (Å²) in [6.07, 6.45) is 9.88. The lowest BCUT2D eigenvalue weighted by Crippen LogP contribution is -2.16. The molecule has 3 heteroatoms. The lowest BCUT2D eigenvalue weighted by atomic mass is 9.95. The molecule has 0 aliphatic heterocycles. The van der Waals surface area contributed by atoms with E-state index >= 15 is 0 Å². The summed E-state index contributed by atoms with van der Waals surface area (Å²) >= 11 is 0. The van der Waals surface area contributed by atoms with Gasteiger partial charge in [-0.2, -0.15) is 5.10 Å². The molecule has 3 rings (SSSR count). The SMILES string of the molecule is O=Cc1cc(C2CC2)n(C2CCCCC2)n1. The first-order valence-electron chi connectivity index (χ1n) is 6.43. The van der Waals surface area contributed by atoms with Gasteiger partial charge in [0.2, 0.25) is 0 Å². The second-order valence-corrected chi connectivity index (χ2v) is 5.12. The predicted octanol–water partition coefficient (Wildman–Crippen LogP) is 3.08. The molecule has 0 atom stereocenters. The maximum Gasteiger partial charge on any atom is 0.170 e. The third-order valence-electron chi connectivity index (χ3n) is 3.82. The highest BCUT2D eigenvalue weighted by Gasteiger charge is 2.30. The Balaban J connectivity index is 1.90. The highest BCUT2D eigenvalue weighted by molar-refractivity contribution is 5.71. The number of aromatic nitrogens is 2. The first-order valence-corrected chi connectivity index (χ1v) is 6.43. The van der Waals surface area contributed by atoms with E-state index in [-0.39, 0.29) is 0 Å². The maximum absolute atomic E-state index is 10.8. The largest absolute Gasteiger partial charge is 0.296 e. The summed E-state index contributed by atoms with van der Waals surface area (Å²) in [6, 6.07) is 2.55. The van der Waals surface area contributed by atoms with E-state index in [1.54, 1.807) is 0 Å². The molecular weight excluding hydrogens is 200 g/mol. The van der Waals surface area contributed by atoms with Gasteiger partial charge in [0.1, 0.15) is 5.69 Å². The van der Waals surface area contributed by atoms with E-state index in [1.165, 1.54) is 50.6 Å². The van der Waals surface area contributed by atoms with Crippen LogP contribution in [0.25, 0.3) is 0 Å². The first-order chi connectivity index (χ1) is 7.88. The number of aldehydes is 1. The van der Waals surface area contributed by atoms with E-state index in [1.807, 2.05) is 6.07 Å². The zero-order chi connectivity index (χ0) is 11.0. The standard InChI is InChI=1S/C13H18N2O/c16-9-11-8-13(10-6-7-10)15(14-11)12-4-2-1-3-5-12/h8-10,12H,1-7H2. The zero-order valence-electron chi connectivity index (χ0n) is 9.56. The topological polar surface area (TPSA) is 34.9 Å². The molecule has 86 valence electrons. The van der Waals surface area contributed by atoms with Crippen molar-refractivity contribution in [2.45, 2.75) is 56.9 Å². The fourth-order valence-electron chi connectivity index (χ4n) is 2.79. The average molecular weight is 218 g/mol. The molecule has 0 unspecified atom stereocenters. The van der Waals surface area contributed by atoms with Crippen LogP contribution >= 0.6 is 0 Å². The Labute approximate surface area is 95.8 Å². The second kappa shape index (κ2) is 4.04. The summed E-state index contributed by atoms with van der Waals surface area (Å²) in [4.78, 5) is 10.8. The molecule has 1 aromatic rings. The van der Waals surface area contributed by atoms with Crippen molar-refractivity contribution in [3.8, 4) is 0 Å². The maximum atomic E-state index is 10.8. The molecule has 2 saturated carbocycles. The normalized spacial score (nSPS) is 22.2. The van der Waals surface area contributed by atoms with Crippen LogP contribution in [0.4, 0.5) is 0 Å². The quantitative estimate of drug-likeness (QED) is 0.731. The van der Waals surface area contributed by atoms with Gasteiger partial charge >= 0.3 is 0 Å². The number of hydrogen-bond donors (Lipinski definition) is 0. The Hall–Kier alpha value is -1.12. The summed E-state index contributed by atoms with van der Waals surface area (Å²) in [5.41, 5.74) is 1.93. The lowest BCUT2D eigenvalue weighted by molar-refractivity contribution is 0.111. The van der Waals surface area contributed by atoms with Crippen LogP contribution in [0.1, 0.15) is 73.1 Å². The summed E-state index contributed by atoms with van der Waals surface area (Å²) in [5.74, 6) is 0.683. The number of carbonyl (C=O) groups excluding carboxylic acids is 1. The Morgan fingerprint density at radius 2 is 1.94 bits per heavy atom. The van der Waals surface area contributed by atoms with Crippen LogP contribution in [0.5, 0.6) is 0 Å². The molecule has 1 heterocycles. The summed E-state index contributed by atoms with van der Waals surface area (Å²) in [5, 5.41) is 4.46. The van der Waals surface area contributed by atoms with Gasteiger partial charge in [0.25, 0.3) is 0 Å². The molecule has 16 heavy (non-hydrogen) atoms. The van der Waals surface area contributed by atoms with E-state index in [0.717, 1.165) is 6.29 Å². The molecule has 2 fully saturated rings. The number of hydrogen-bond acceptors (Lipinski definition) is 2. The highest BCUT2D eigenvalue weighted by Crippen LogP contribution is 2.42. The van der Waals surface area contributed by atoms with Crippen LogP contribution < -0.4 is 0 Å². The number of carbonyl (C=O) groups is 1. The Morgan fingerprint density at radius 3 is 2.56 bits per heavy atom. The molecule has 0 aromatic carbocycles. The van der Waals surface area contributed by atoms with Gasteiger partial charge in [-0.1, -0.05) is 19.3 Å². The minimum absolute atomic E-state index is 0.554. The summed E-state index contributed by atoms with van der Waals surface area (Å²) < 4.78 is 2.17.